The second-order valence-corrected chi connectivity index (χ2v) is 6.07. The first-order chi connectivity index (χ1) is 12.4. The summed E-state index contributed by atoms with van der Waals surface area (Å²) in [4.78, 5) is 27.5. The number of nitrogens with one attached hydrogen (secondary N) is 1. The molecule has 1 aromatic carbocycles. The summed E-state index contributed by atoms with van der Waals surface area (Å²) in [6.45, 7) is 0.257. The lowest BCUT2D eigenvalue weighted by Gasteiger charge is -2.06. The number of hydrogen-bond donors (Lipinski definition) is 2. The van der Waals surface area contributed by atoms with Gasteiger partial charge in [0.15, 0.2) is 0 Å². The standard InChI is InChI=1S/C15H12Cl2N6O3/c1-22-12(8(5-19-22)14(25)26)13(24)20-15-18-7-23(21-15)6-9-10(16)3-2-4-11(9)17/h2-5,7H,6H2,1H3,(H,25,26)(H,20,21,24). The molecule has 0 spiro atoms. The highest BCUT2D eigenvalue weighted by Crippen LogP contribution is 2.25. The largest absolute Gasteiger partial charge is 0.478 e. The molecule has 0 aliphatic heterocycles. The van der Waals surface area contributed by atoms with E-state index >= 15 is 0 Å². The SMILES string of the molecule is Cn1ncc(C(=O)O)c1C(=O)Nc1ncn(Cc2c(Cl)cccc2Cl)n1. The Morgan fingerprint density at radius 3 is 2.62 bits per heavy atom. The Morgan fingerprint density at radius 1 is 1.27 bits per heavy atom. The van der Waals surface area contributed by atoms with Gasteiger partial charge in [-0.25, -0.2) is 14.5 Å². The number of carbonyl (C=O) groups excluding carboxylic acids is 1. The Labute approximate surface area is 157 Å². The van der Waals surface area contributed by atoms with Crippen molar-refractivity contribution in [3.8, 4) is 0 Å². The van der Waals surface area contributed by atoms with Crippen molar-refractivity contribution in [3.63, 3.8) is 0 Å². The Kier molecular flexibility index (Phi) is 4.92. The molecule has 11 heteroatoms. The van der Waals surface area contributed by atoms with Crippen molar-refractivity contribution in [3.05, 3.63) is 57.6 Å². The Hall–Kier alpha value is -2.91. The van der Waals surface area contributed by atoms with Crippen molar-refractivity contribution in [1.82, 2.24) is 24.5 Å². The molecule has 0 fully saturated rings. The smallest absolute Gasteiger partial charge is 0.339 e. The summed E-state index contributed by atoms with van der Waals surface area (Å²) in [6.07, 6.45) is 2.50. The molecule has 134 valence electrons. The minimum atomic E-state index is -1.25. The number of amides is 1. The summed E-state index contributed by atoms with van der Waals surface area (Å²) in [5.41, 5.74) is 0.341. The summed E-state index contributed by atoms with van der Waals surface area (Å²) in [7, 11) is 1.47. The number of aromatic nitrogens is 5. The van der Waals surface area contributed by atoms with Crippen LogP contribution >= 0.6 is 23.2 Å². The molecule has 0 bridgehead atoms. The predicted octanol–water partition coefficient (Wildman–Crippen LogP) is 2.32. The number of carboxylic acids is 1. The maximum absolute atomic E-state index is 12.3. The number of carboxylic acid groups (broad SMARTS) is 1. The van der Waals surface area contributed by atoms with Gasteiger partial charge in [-0.3, -0.25) is 14.8 Å². The van der Waals surface area contributed by atoms with E-state index in [1.54, 1.807) is 18.2 Å². The van der Waals surface area contributed by atoms with E-state index < -0.39 is 11.9 Å². The van der Waals surface area contributed by atoms with Gasteiger partial charge in [-0.2, -0.15) is 5.10 Å². The van der Waals surface area contributed by atoms with Crippen molar-refractivity contribution >= 4 is 41.0 Å². The van der Waals surface area contributed by atoms with E-state index in [2.05, 4.69) is 20.5 Å². The van der Waals surface area contributed by atoms with Gasteiger partial charge in [0.1, 0.15) is 17.6 Å². The van der Waals surface area contributed by atoms with Crippen LogP contribution in [0.1, 0.15) is 26.4 Å². The molecular formula is C15H12Cl2N6O3. The van der Waals surface area contributed by atoms with Crippen LogP contribution < -0.4 is 5.32 Å². The van der Waals surface area contributed by atoms with Crippen LogP contribution in [0.2, 0.25) is 10.0 Å². The molecule has 1 amide bonds. The zero-order valence-corrected chi connectivity index (χ0v) is 14.9. The summed E-state index contributed by atoms with van der Waals surface area (Å²) in [6, 6.07) is 5.14. The third-order valence-electron chi connectivity index (χ3n) is 3.53. The minimum absolute atomic E-state index is 0.00992. The van der Waals surface area contributed by atoms with E-state index in [4.69, 9.17) is 28.3 Å². The van der Waals surface area contributed by atoms with Gasteiger partial charge in [0.2, 0.25) is 5.95 Å². The number of aryl methyl sites for hydroxylation is 1. The summed E-state index contributed by atoms with van der Waals surface area (Å²) in [5, 5.41) is 20.4. The molecule has 0 aliphatic rings. The normalized spacial score (nSPS) is 10.7. The van der Waals surface area contributed by atoms with Gasteiger partial charge >= 0.3 is 5.97 Å². The van der Waals surface area contributed by atoms with Gasteiger partial charge in [-0.15, -0.1) is 5.10 Å². The number of halogens is 2. The molecule has 3 aromatic rings. The van der Waals surface area contributed by atoms with Crippen LogP contribution in [0.5, 0.6) is 0 Å². The highest BCUT2D eigenvalue weighted by molar-refractivity contribution is 6.35. The molecule has 0 atom stereocenters. The van der Waals surface area contributed by atoms with Crippen LogP contribution in [-0.4, -0.2) is 41.5 Å². The highest BCUT2D eigenvalue weighted by atomic mass is 35.5. The Balaban J connectivity index is 1.78. The van der Waals surface area contributed by atoms with E-state index in [-0.39, 0.29) is 23.8 Å². The Morgan fingerprint density at radius 2 is 1.96 bits per heavy atom. The first-order valence-electron chi connectivity index (χ1n) is 7.25. The third kappa shape index (κ3) is 3.53. The molecule has 0 unspecified atom stereocenters. The van der Waals surface area contributed by atoms with E-state index in [0.29, 0.717) is 15.6 Å². The molecule has 0 saturated heterocycles. The van der Waals surface area contributed by atoms with Gasteiger partial charge < -0.3 is 5.11 Å². The van der Waals surface area contributed by atoms with Crippen molar-refractivity contribution < 1.29 is 14.7 Å². The summed E-state index contributed by atoms with van der Waals surface area (Å²) in [5.74, 6) is -1.93. The summed E-state index contributed by atoms with van der Waals surface area (Å²) < 4.78 is 2.61. The molecule has 2 N–H and O–H groups in total. The van der Waals surface area contributed by atoms with Crippen molar-refractivity contribution in [1.29, 1.82) is 0 Å². The first-order valence-corrected chi connectivity index (χ1v) is 8.01. The lowest BCUT2D eigenvalue weighted by atomic mass is 10.2. The van der Waals surface area contributed by atoms with E-state index in [1.807, 2.05) is 0 Å². The number of benzene rings is 1. The first kappa shape index (κ1) is 17.9. The second kappa shape index (κ2) is 7.14. The molecular weight excluding hydrogens is 383 g/mol. The molecule has 2 heterocycles. The average molecular weight is 395 g/mol. The van der Waals surface area contributed by atoms with Crippen LogP contribution in [0.3, 0.4) is 0 Å². The average Bonchev–Trinajstić information content (AvgIpc) is 3.17. The zero-order chi connectivity index (χ0) is 18.8. The highest BCUT2D eigenvalue weighted by Gasteiger charge is 2.22. The van der Waals surface area contributed by atoms with Crippen LogP contribution in [0.25, 0.3) is 0 Å². The molecule has 26 heavy (non-hydrogen) atoms. The lowest BCUT2D eigenvalue weighted by molar-refractivity contribution is 0.0692. The van der Waals surface area contributed by atoms with Gasteiger partial charge in [-0.1, -0.05) is 29.3 Å². The van der Waals surface area contributed by atoms with Crippen LogP contribution in [0.15, 0.2) is 30.7 Å². The number of anilines is 1. The fraction of sp³-hybridized carbons (Fsp3) is 0.133. The molecule has 2 aromatic heterocycles. The van der Waals surface area contributed by atoms with Crippen LogP contribution in [-0.2, 0) is 13.6 Å². The monoisotopic (exact) mass is 394 g/mol. The number of aromatic carboxylic acids is 1. The minimum Gasteiger partial charge on any atom is -0.478 e. The van der Waals surface area contributed by atoms with Crippen molar-refractivity contribution in [2.75, 3.05) is 5.32 Å². The fourth-order valence-corrected chi connectivity index (χ4v) is 2.81. The van der Waals surface area contributed by atoms with Gasteiger partial charge in [0.05, 0.1) is 12.7 Å². The lowest BCUT2D eigenvalue weighted by Crippen LogP contribution is -2.20. The van der Waals surface area contributed by atoms with E-state index in [9.17, 15) is 9.59 Å². The number of nitrogens with zero attached hydrogens (tertiary/aromatic N) is 5. The zero-order valence-electron chi connectivity index (χ0n) is 13.3. The van der Waals surface area contributed by atoms with Crippen molar-refractivity contribution in [2.24, 2.45) is 7.05 Å². The van der Waals surface area contributed by atoms with Gasteiger partial charge in [0, 0.05) is 22.7 Å². The molecule has 0 aliphatic carbocycles. The predicted molar refractivity (Wildman–Crippen MR) is 93.7 cm³/mol. The van der Waals surface area contributed by atoms with Crippen molar-refractivity contribution in [2.45, 2.75) is 6.54 Å². The molecule has 0 radical (unpaired) electrons. The molecule has 9 nitrogen and oxygen atoms in total. The number of carbonyl (C=O) groups is 2. The topological polar surface area (TPSA) is 115 Å². The molecule has 3 rings (SSSR count). The van der Waals surface area contributed by atoms with Crippen LogP contribution in [0, 0.1) is 0 Å². The quantitative estimate of drug-likeness (QED) is 0.685. The summed E-state index contributed by atoms with van der Waals surface area (Å²) >= 11 is 12.2. The maximum atomic E-state index is 12.3. The second-order valence-electron chi connectivity index (χ2n) is 5.26. The Bertz CT molecular complexity index is 977. The maximum Gasteiger partial charge on any atom is 0.339 e. The van der Waals surface area contributed by atoms with E-state index in [0.717, 1.165) is 6.20 Å². The third-order valence-corrected chi connectivity index (χ3v) is 4.24. The number of rotatable bonds is 5. The van der Waals surface area contributed by atoms with E-state index in [1.165, 1.54) is 22.7 Å². The van der Waals surface area contributed by atoms with Gasteiger partial charge in [0.25, 0.3) is 5.91 Å². The fourth-order valence-electron chi connectivity index (χ4n) is 2.30. The van der Waals surface area contributed by atoms with Crippen LogP contribution in [0.4, 0.5) is 5.95 Å². The number of hydrogen-bond acceptors (Lipinski definition) is 5. The van der Waals surface area contributed by atoms with Gasteiger partial charge in [-0.05, 0) is 12.1 Å². The molecule has 0 saturated carbocycles.